The summed E-state index contributed by atoms with van der Waals surface area (Å²) in [5.41, 5.74) is -0.0940. The summed E-state index contributed by atoms with van der Waals surface area (Å²) in [6.45, 7) is 6.99. The molecule has 0 aliphatic heterocycles. The summed E-state index contributed by atoms with van der Waals surface area (Å²) in [4.78, 5) is 8.31. The molecule has 1 aliphatic carbocycles. The first-order valence-electron chi connectivity index (χ1n) is 6.04. The Morgan fingerprint density at radius 2 is 2.12 bits per heavy atom. The Morgan fingerprint density at radius 1 is 1.41 bits per heavy atom. The van der Waals surface area contributed by atoms with Crippen LogP contribution in [0.15, 0.2) is 12.4 Å². The summed E-state index contributed by atoms with van der Waals surface area (Å²) < 4.78 is 0. The largest absolute Gasteiger partial charge is 0.392 e. The predicted octanol–water partition coefficient (Wildman–Crippen LogP) is 1.48. The lowest BCUT2D eigenvalue weighted by molar-refractivity contribution is -0.0511. The Bertz CT molecular complexity index is 394. The molecule has 2 atom stereocenters. The van der Waals surface area contributed by atoms with Crippen LogP contribution in [0, 0.1) is 5.41 Å². The number of aliphatic hydroxyl groups excluding tert-OH is 1. The van der Waals surface area contributed by atoms with Gasteiger partial charge in [0.1, 0.15) is 18.0 Å². The first-order chi connectivity index (χ1) is 8.04. The van der Waals surface area contributed by atoms with E-state index in [0.29, 0.717) is 0 Å². The zero-order chi connectivity index (χ0) is 12.5. The van der Waals surface area contributed by atoms with E-state index in [-0.39, 0.29) is 17.6 Å². The maximum absolute atomic E-state index is 9.68. The zero-order valence-electron chi connectivity index (χ0n) is 10.6. The Morgan fingerprint density at radius 3 is 2.71 bits per heavy atom. The number of hydrogen-bond acceptors (Lipinski definition) is 5. The van der Waals surface area contributed by atoms with E-state index < -0.39 is 0 Å². The predicted molar refractivity (Wildman–Crippen MR) is 68.0 cm³/mol. The molecule has 5 nitrogen and oxygen atoms in total. The van der Waals surface area contributed by atoms with Crippen LogP contribution in [-0.4, -0.2) is 33.8 Å². The van der Waals surface area contributed by atoms with E-state index in [1.165, 1.54) is 0 Å². The van der Waals surface area contributed by atoms with Gasteiger partial charge in [0.2, 0.25) is 0 Å². The molecule has 0 amide bonds. The topological polar surface area (TPSA) is 70.1 Å². The third kappa shape index (κ3) is 2.34. The molecular weight excluding hydrogens is 216 g/mol. The van der Waals surface area contributed by atoms with Crippen LogP contribution >= 0.6 is 0 Å². The molecule has 5 heteroatoms. The van der Waals surface area contributed by atoms with Crippen molar-refractivity contribution in [2.75, 3.05) is 17.2 Å². The number of aromatic nitrogens is 2. The fraction of sp³-hybridized carbons (Fsp3) is 0.667. The van der Waals surface area contributed by atoms with Crippen molar-refractivity contribution in [3.8, 4) is 0 Å². The molecule has 0 radical (unpaired) electrons. The summed E-state index contributed by atoms with van der Waals surface area (Å²) in [6, 6.07) is 2.16. The molecule has 1 heterocycles. The van der Waals surface area contributed by atoms with E-state index in [0.717, 1.165) is 24.6 Å². The minimum Gasteiger partial charge on any atom is -0.392 e. The van der Waals surface area contributed by atoms with Crippen LogP contribution in [0.3, 0.4) is 0 Å². The number of aliphatic hydroxyl groups is 1. The van der Waals surface area contributed by atoms with Crippen molar-refractivity contribution in [2.45, 2.75) is 39.3 Å². The van der Waals surface area contributed by atoms with Crippen molar-refractivity contribution in [2.24, 2.45) is 5.41 Å². The van der Waals surface area contributed by atoms with Gasteiger partial charge in [-0.15, -0.1) is 0 Å². The lowest BCUT2D eigenvalue weighted by Gasteiger charge is -2.49. The standard InChI is InChI=1S/C12H20N4O/c1-4-13-10-6-11(15-7-14-10)16-8-5-9(17)12(8,2)3/h6-9,17H,4-5H2,1-3H3,(H2,13,14,15,16). The highest BCUT2D eigenvalue weighted by molar-refractivity contribution is 5.47. The number of nitrogens with one attached hydrogen (secondary N) is 2. The molecule has 2 rings (SSSR count). The molecule has 3 N–H and O–H groups in total. The van der Waals surface area contributed by atoms with Gasteiger partial charge >= 0.3 is 0 Å². The summed E-state index contributed by atoms with van der Waals surface area (Å²) in [6.07, 6.45) is 2.09. The van der Waals surface area contributed by atoms with Gasteiger partial charge in [-0.2, -0.15) is 0 Å². The second-order valence-corrected chi connectivity index (χ2v) is 5.09. The van der Waals surface area contributed by atoms with Crippen molar-refractivity contribution < 1.29 is 5.11 Å². The first kappa shape index (κ1) is 12.1. The highest BCUT2D eigenvalue weighted by Gasteiger charge is 2.47. The van der Waals surface area contributed by atoms with Crippen molar-refractivity contribution in [1.82, 2.24) is 9.97 Å². The normalized spacial score (nSPS) is 26.1. The van der Waals surface area contributed by atoms with Gasteiger partial charge in [-0.1, -0.05) is 13.8 Å². The molecule has 1 aliphatic rings. The van der Waals surface area contributed by atoms with Gasteiger partial charge < -0.3 is 15.7 Å². The summed E-state index contributed by atoms with van der Waals surface area (Å²) >= 11 is 0. The molecule has 1 saturated carbocycles. The average molecular weight is 236 g/mol. The molecule has 0 bridgehead atoms. The van der Waals surface area contributed by atoms with E-state index in [2.05, 4.69) is 34.4 Å². The minimum absolute atomic E-state index is 0.0940. The Labute approximate surface area is 102 Å². The second-order valence-electron chi connectivity index (χ2n) is 5.09. The van der Waals surface area contributed by atoms with E-state index in [9.17, 15) is 5.11 Å². The van der Waals surface area contributed by atoms with Gasteiger partial charge in [-0.25, -0.2) is 9.97 Å². The van der Waals surface area contributed by atoms with E-state index in [1.807, 2.05) is 13.0 Å². The van der Waals surface area contributed by atoms with Crippen LogP contribution in [0.2, 0.25) is 0 Å². The molecule has 94 valence electrons. The van der Waals surface area contributed by atoms with Gasteiger partial charge in [-0.3, -0.25) is 0 Å². The molecule has 1 fully saturated rings. The highest BCUT2D eigenvalue weighted by Crippen LogP contribution is 2.41. The molecular formula is C12H20N4O. The quantitative estimate of drug-likeness (QED) is 0.738. The van der Waals surface area contributed by atoms with Crippen LogP contribution in [0.25, 0.3) is 0 Å². The fourth-order valence-electron chi connectivity index (χ4n) is 2.04. The van der Waals surface area contributed by atoms with E-state index in [4.69, 9.17) is 0 Å². The molecule has 0 saturated heterocycles. The first-order valence-corrected chi connectivity index (χ1v) is 6.04. The number of rotatable bonds is 4. The Kier molecular flexibility index (Phi) is 3.19. The van der Waals surface area contributed by atoms with Crippen molar-refractivity contribution in [3.05, 3.63) is 12.4 Å². The van der Waals surface area contributed by atoms with Crippen LogP contribution in [0.5, 0.6) is 0 Å². The maximum Gasteiger partial charge on any atom is 0.131 e. The monoisotopic (exact) mass is 236 g/mol. The molecule has 17 heavy (non-hydrogen) atoms. The Balaban J connectivity index is 2.02. The van der Waals surface area contributed by atoms with Gasteiger partial charge in [0.25, 0.3) is 0 Å². The zero-order valence-corrected chi connectivity index (χ0v) is 10.6. The summed E-state index contributed by atoms with van der Waals surface area (Å²) in [5, 5.41) is 16.2. The van der Waals surface area contributed by atoms with Crippen molar-refractivity contribution in [3.63, 3.8) is 0 Å². The molecule has 0 spiro atoms. The maximum atomic E-state index is 9.68. The van der Waals surface area contributed by atoms with Crippen molar-refractivity contribution >= 4 is 11.6 Å². The molecule has 1 aromatic heterocycles. The Hall–Kier alpha value is -1.36. The third-order valence-corrected chi connectivity index (χ3v) is 3.56. The van der Waals surface area contributed by atoms with Crippen LogP contribution in [0.4, 0.5) is 11.6 Å². The molecule has 1 aromatic rings. The minimum atomic E-state index is -0.227. The SMILES string of the molecule is CCNc1cc(NC2CC(O)C2(C)C)ncn1. The van der Waals surface area contributed by atoms with Crippen LogP contribution < -0.4 is 10.6 Å². The van der Waals surface area contributed by atoms with Crippen LogP contribution in [-0.2, 0) is 0 Å². The average Bonchev–Trinajstić information content (AvgIpc) is 2.30. The van der Waals surface area contributed by atoms with E-state index in [1.54, 1.807) is 6.33 Å². The number of hydrogen-bond donors (Lipinski definition) is 3. The molecule has 2 unspecified atom stereocenters. The van der Waals surface area contributed by atoms with Gasteiger partial charge in [0.15, 0.2) is 0 Å². The smallest absolute Gasteiger partial charge is 0.131 e. The second kappa shape index (κ2) is 4.49. The number of anilines is 2. The van der Waals surface area contributed by atoms with Crippen LogP contribution in [0.1, 0.15) is 27.2 Å². The summed E-state index contributed by atoms with van der Waals surface area (Å²) in [7, 11) is 0. The van der Waals surface area contributed by atoms with Gasteiger partial charge in [0.05, 0.1) is 6.10 Å². The van der Waals surface area contributed by atoms with Crippen molar-refractivity contribution in [1.29, 1.82) is 0 Å². The lowest BCUT2D eigenvalue weighted by atomic mass is 9.64. The van der Waals surface area contributed by atoms with Gasteiger partial charge in [-0.05, 0) is 13.3 Å². The van der Waals surface area contributed by atoms with Gasteiger partial charge in [0, 0.05) is 24.1 Å². The lowest BCUT2D eigenvalue weighted by Crippen LogP contribution is -2.57. The summed E-state index contributed by atoms with van der Waals surface area (Å²) in [5.74, 6) is 1.63. The molecule has 0 aromatic carbocycles. The van der Waals surface area contributed by atoms with E-state index >= 15 is 0 Å². The number of nitrogens with zero attached hydrogens (tertiary/aromatic N) is 2. The highest BCUT2D eigenvalue weighted by atomic mass is 16.3. The third-order valence-electron chi connectivity index (χ3n) is 3.56. The fourth-order valence-corrected chi connectivity index (χ4v) is 2.04.